The van der Waals surface area contributed by atoms with E-state index in [0.29, 0.717) is 5.92 Å². The molecule has 1 aliphatic carbocycles. The highest BCUT2D eigenvalue weighted by molar-refractivity contribution is 4.80. The lowest BCUT2D eigenvalue weighted by Crippen LogP contribution is -2.08. The smallest absolute Gasteiger partial charge is 0.0568 e. The third-order valence-electron chi connectivity index (χ3n) is 4.27. The Kier molecular flexibility index (Phi) is 9.65. The summed E-state index contributed by atoms with van der Waals surface area (Å²) in [6, 6.07) is 0. The van der Waals surface area contributed by atoms with Gasteiger partial charge in [-0.15, -0.1) is 0 Å². The fourth-order valence-electron chi connectivity index (χ4n) is 2.73. The van der Waals surface area contributed by atoms with Gasteiger partial charge in [-0.2, -0.15) is 0 Å². The number of hydrogen-bond acceptors (Lipinski definition) is 1. The van der Waals surface area contributed by atoms with Gasteiger partial charge in [0.25, 0.3) is 0 Å². The summed E-state index contributed by atoms with van der Waals surface area (Å²) in [6.07, 6.45) is 19.0. The molecule has 1 N–H and O–H groups in total. The Balaban J connectivity index is 1.68. The average Bonchev–Trinajstić information content (AvgIpc) is 3.20. The van der Waals surface area contributed by atoms with E-state index in [0.717, 1.165) is 6.42 Å². The van der Waals surface area contributed by atoms with Crippen LogP contribution in [0.15, 0.2) is 0 Å². The van der Waals surface area contributed by atoms with E-state index in [9.17, 15) is 5.11 Å². The molecule has 1 nitrogen and oxygen atoms in total. The second kappa shape index (κ2) is 10.8. The Hall–Kier alpha value is -0.0400. The van der Waals surface area contributed by atoms with Gasteiger partial charge in [-0.25, -0.2) is 0 Å². The van der Waals surface area contributed by atoms with E-state index in [-0.39, 0.29) is 6.10 Å². The number of hydrogen-bond donors (Lipinski definition) is 1. The summed E-state index contributed by atoms with van der Waals surface area (Å²) >= 11 is 0. The van der Waals surface area contributed by atoms with Crippen LogP contribution >= 0.6 is 0 Å². The molecule has 0 aliphatic heterocycles. The molecule has 0 spiro atoms. The molecule has 1 heteroatoms. The Morgan fingerprint density at radius 1 is 0.778 bits per heavy atom. The summed E-state index contributed by atoms with van der Waals surface area (Å²) in [5, 5.41) is 9.73. The van der Waals surface area contributed by atoms with E-state index >= 15 is 0 Å². The van der Waals surface area contributed by atoms with Crippen molar-refractivity contribution in [2.45, 2.75) is 103 Å². The third-order valence-corrected chi connectivity index (χ3v) is 4.27. The minimum absolute atomic E-state index is 0.0311. The molecular weight excluding hydrogens is 220 g/mol. The highest BCUT2D eigenvalue weighted by atomic mass is 16.3. The van der Waals surface area contributed by atoms with Crippen LogP contribution in [0.4, 0.5) is 0 Å². The van der Waals surface area contributed by atoms with E-state index in [1.54, 1.807) is 0 Å². The predicted molar refractivity (Wildman–Crippen MR) is 79.8 cm³/mol. The Morgan fingerprint density at radius 3 is 1.67 bits per heavy atom. The van der Waals surface area contributed by atoms with E-state index in [1.807, 2.05) is 0 Å². The monoisotopic (exact) mass is 254 g/mol. The summed E-state index contributed by atoms with van der Waals surface area (Å²) in [4.78, 5) is 0. The van der Waals surface area contributed by atoms with Gasteiger partial charge < -0.3 is 5.11 Å². The van der Waals surface area contributed by atoms with Gasteiger partial charge in [0.05, 0.1) is 6.10 Å². The molecule has 0 aromatic heterocycles. The molecular formula is C17H34O. The quantitative estimate of drug-likeness (QED) is 0.433. The summed E-state index contributed by atoms with van der Waals surface area (Å²) in [7, 11) is 0. The molecule has 1 unspecified atom stereocenters. The van der Waals surface area contributed by atoms with Crippen LogP contribution in [-0.4, -0.2) is 11.2 Å². The molecule has 1 fully saturated rings. The third kappa shape index (κ3) is 8.97. The van der Waals surface area contributed by atoms with E-state index < -0.39 is 0 Å². The maximum atomic E-state index is 9.73. The van der Waals surface area contributed by atoms with Crippen LogP contribution in [0.25, 0.3) is 0 Å². The van der Waals surface area contributed by atoms with Gasteiger partial charge in [-0.05, 0) is 25.2 Å². The largest absolute Gasteiger partial charge is 0.393 e. The second-order valence-corrected chi connectivity index (χ2v) is 6.23. The zero-order chi connectivity index (χ0) is 13.1. The lowest BCUT2D eigenvalue weighted by atomic mass is 10.0. The first-order valence-corrected chi connectivity index (χ1v) is 8.52. The van der Waals surface area contributed by atoms with Crippen LogP contribution in [0.5, 0.6) is 0 Å². The number of unbranched alkanes of at least 4 members (excludes halogenated alkanes) is 10. The van der Waals surface area contributed by atoms with Crippen molar-refractivity contribution in [3.05, 3.63) is 0 Å². The minimum atomic E-state index is 0.0311. The molecule has 1 rings (SSSR count). The maximum Gasteiger partial charge on any atom is 0.0568 e. The van der Waals surface area contributed by atoms with Crippen molar-refractivity contribution < 1.29 is 5.11 Å². The number of aliphatic hydroxyl groups is 1. The molecule has 1 aliphatic rings. The number of rotatable bonds is 13. The van der Waals surface area contributed by atoms with Crippen LogP contribution in [-0.2, 0) is 0 Å². The second-order valence-electron chi connectivity index (χ2n) is 6.23. The van der Waals surface area contributed by atoms with E-state index in [1.165, 1.54) is 83.5 Å². The van der Waals surface area contributed by atoms with Crippen LogP contribution in [0.1, 0.15) is 96.8 Å². The molecule has 1 atom stereocenters. The minimum Gasteiger partial charge on any atom is -0.393 e. The topological polar surface area (TPSA) is 20.2 Å². The summed E-state index contributed by atoms with van der Waals surface area (Å²) in [5.41, 5.74) is 0. The molecule has 0 radical (unpaired) electrons. The first-order chi connectivity index (χ1) is 8.84. The van der Waals surface area contributed by atoms with Crippen molar-refractivity contribution in [3.63, 3.8) is 0 Å². The first kappa shape index (κ1) is 16.0. The lowest BCUT2D eigenvalue weighted by Gasteiger charge is -2.08. The van der Waals surface area contributed by atoms with Gasteiger partial charge in [0.2, 0.25) is 0 Å². The molecule has 0 aromatic carbocycles. The number of aliphatic hydroxyl groups excluding tert-OH is 1. The van der Waals surface area contributed by atoms with E-state index in [4.69, 9.17) is 0 Å². The van der Waals surface area contributed by atoms with Gasteiger partial charge in [0, 0.05) is 0 Å². The maximum absolute atomic E-state index is 9.73. The molecule has 108 valence electrons. The summed E-state index contributed by atoms with van der Waals surface area (Å²) in [6.45, 7) is 2.28. The van der Waals surface area contributed by atoms with E-state index in [2.05, 4.69) is 6.92 Å². The molecule has 1 saturated carbocycles. The normalized spacial score (nSPS) is 17.0. The lowest BCUT2D eigenvalue weighted by molar-refractivity contribution is 0.138. The summed E-state index contributed by atoms with van der Waals surface area (Å²) < 4.78 is 0. The molecule has 0 bridgehead atoms. The average molecular weight is 254 g/mol. The van der Waals surface area contributed by atoms with Gasteiger partial charge in [-0.1, -0.05) is 77.6 Å². The fourth-order valence-corrected chi connectivity index (χ4v) is 2.73. The van der Waals surface area contributed by atoms with Crippen molar-refractivity contribution in [1.29, 1.82) is 0 Å². The van der Waals surface area contributed by atoms with Crippen molar-refractivity contribution in [2.75, 3.05) is 0 Å². The Morgan fingerprint density at radius 2 is 1.22 bits per heavy atom. The van der Waals surface area contributed by atoms with Crippen LogP contribution in [0, 0.1) is 5.92 Å². The van der Waals surface area contributed by atoms with Crippen LogP contribution in [0.2, 0.25) is 0 Å². The van der Waals surface area contributed by atoms with Gasteiger partial charge in [-0.3, -0.25) is 0 Å². The zero-order valence-corrected chi connectivity index (χ0v) is 12.5. The molecule has 0 saturated heterocycles. The van der Waals surface area contributed by atoms with Crippen LogP contribution < -0.4 is 0 Å². The van der Waals surface area contributed by atoms with Gasteiger partial charge in [0.15, 0.2) is 0 Å². The Labute approximate surface area is 114 Å². The van der Waals surface area contributed by atoms with Crippen molar-refractivity contribution >= 4 is 0 Å². The van der Waals surface area contributed by atoms with Gasteiger partial charge >= 0.3 is 0 Å². The van der Waals surface area contributed by atoms with Crippen molar-refractivity contribution in [3.8, 4) is 0 Å². The Bertz CT molecular complexity index is 174. The molecule has 18 heavy (non-hydrogen) atoms. The standard InChI is InChI=1S/C17H34O/c1-2-3-4-5-6-7-8-9-10-11-12-13-17(18)16-14-15-16/h16-18H,2-15H2,1H3. The van der Waals surface area contributed by atoms with Crippen LogP contribution in [0.3, 0.4) is 0 Å². The highest BCUT2D eigenvalue weighted by Gasteiger charge is 2.28. The first-order valence-electron chi connectivity index (χ1n) is 8.52. The van der Waals surface area contributed by atoms with Crippen molar-refractivity contribution in [2.24, 2.45) is 5.92 Å². The van der Waals surface area contributed by atoms with Gasteiger partial charge in [0.1, 0.15) is 0 Å². The zero-order valence-electron chi connectivity index (χ0n) is 12.5. The SMILES string of the molecule is CCCCCCCCCCCCCC(O)C1CC1. The van der Waals surface area contributed by atoms with Crippen molar-refractivity contribution in [1.82, 2.24) is 0 Å². The molecule has 0 amide bonds. The fraction of sp³-hybridized carbons (Fsp3) is 1.00. The predicted octanol–water partition coefficient (Wildman–Crippen LogP) is 5.46. The molecule has 0 aromatic rings. The molecule has 0 heterocycles. The summed E-state index contributed by atoms with van der Waals surface area (Å²) in [5.74, 6) is 0.674. The highest BCUT2D eigenvalue weighted by Crippen LogP contribution is 2.34.